The molecule has 3 heterocycles. The van der Waals surface area contributed by atoms with Gasteiger partial charge >= 0.3 is 6.09 Å². The summed E-state index contributed by atoms with van der Waals surface area (Å²) in [6.45, 7) is 5.84. The van der Waals surface area contributed by atoms with Crippen molar-refractivity contribution in [1.29, 1.82) is 0 Å². The Morgan fingerprint density at radius 1 is 1.00 bits per heavy atom. The fourth-order valence-corrected chi connectivity index (χ4v) is 6.43. The largest absolute Gasteiger partial charge is 0.444 e. The van der Waals surface area contributed by atoms with Gasteiger partial charge in [0.15, 0.2) is 0 Å². The fourth-order valence-electron chi connectivity index (χ4n) is 6.43. The van der Waals surface area contributed by atoms with E-state index in [4.69, 9.17) is 14.5 Å². The summed E-state index contributed by atoms with van der Waals surface area (Å²) in [7, 11) is 0. The lowest BCUT2D eigenvalue weighted by Gasteiger charge is -2.40. The highest BCUT2D eigenvalue weighted by Crippen LogP contribution is 2.33. The molecule has 8 nitrogen and oxygen atoms in total. The number of nitrogens with one attached hydrogen (secondary N) is 1. The van der Waals surface area contributed by atoms with Gasteiger partial charge in [-0.15, -0.1) is 0 Å². The second-order valence-electron chi connectivity index (χ2n) is 13.6. The summed E-state index contributed by atoms with van der Waals surface area (Å²) in [6, 6.07) is 18.9. The normalized spacial score (nSPS) is 17.9. The molecule has 4 aromatic rings. The summed E-state index contributed by atoms with van der Waals surface area (Å²) in [5.41, 5.74) is 3.39. The molecule has 11 heteroatoms. The zero-order chi connectivity index (χ0) is 35.4. The van der Waals surface area contributed by atoms with Gasteiger partial charge in [-0.25, -0.2) is 18.0 Å². The van der Waals surface area contributed by atoms with E-state index in [1.807, 2.05) is 45.0 Å². The van der Waals surface area contributed by atoms with Gasteiger partial charge in [0.2, 0.25) is 5.91 Å². The lowest BCUT2D eigenvalue weighted by Crippen LogP contribution is -2.56. The van der Waals surface area contributed by atoms with E-state index in [1.54, 1.807) is 11.0 Å². The molecule has 260 valence electrons. The number of carbonyl (C=O) groups is 2. The molecule has 50 heavy (non-hydrogen) atoms. The molecular formula is C39H39F3N4O4. The van der Waals surface area contributed by atoms with Crippen molar-refractivity contribution in [3.63, 3.8) is 0 Å². The minimum Gasteiger partial charge on any atom is -0.444 e. The summed E-state index contributed by atoms with van der Waals surface area (Å²) in [5.74, 6) is -2.78. The maximum Gasteiger partial charge on any atom is 0.411 e. The minimum atomic E-state index is -0.740. The number of pyridine rings is 1. The Balaban J connectivity index is 1.16. The number of aromatic nitrogens is 1. The van der Waals surface area contributed by atoms with Crippen molar-refractivity contribution in [2.45, 2.75) is 70.1 Å². The number of hydrogen-bond donors (Lipinski definition) is 1. The van der Waals surface area contributed by atoms with E-state index in [9.17, 15) is 18.4 Å². The Hall–Kier alpha value is -5.03. The summed E-state index contributed by atoms with van der Waals surface area (Å²) in [4.78, 5) is 37.2. The molecule has 1 aromatic heterocycles. The van der Waals surface area contributed by atoms with Gasteiger partial charge in [0, 0.05) is 41.9 Å². The first-order valence-corrected chi connectivity index (χ1v) is 16.6. The van der Waals surface area contributed by atoms with Crippen molar-refractivity contribution < 1.29 is 32.2 Å². The average Bonchev–Trinajstić information content (AvgIpc) is 3.51. The number of ether oxygens (including phenoxy) is 2. The van der Waals surface area contributed by atoms with E-state index in [2.05, 4.69) is 10.3 Å². The Bertz CT molecular complexity index is 1890. The van der Waals surface area contributed by atoms with Crippen LogP contribution in [-0.2, 0) is 27.1 Å². The molecule has 0 radical (unpaired) electrons. The van der Waals surface area contributed by atoms with Gasteiger partial charge in [-0.2, -0.15) is 0 Å². The van der Waals surface area contributed by atoms with E-state index in [-0.39, 0.29) is 42.8 Å². The third-order valence-electron chi connectivity index (χ3n) is 8.86. The zero-order valence-corrected chi connectivity index (χ0v) is 28.2. The maximum absolute atomic E-state index is 15.3. The topological polar surface area (TPSA) is 93.1 Å². The summed E-state index contributed by atoms with van der Waals surface area (Å²) < 4.78 is 55.9. The lowest BCUT2D eigenvalue weighted by atomic mass is 9.88. The van der Waals surface area contributed by atoms with Crippen LogP contribution in [0.2, 0.25) is 0 Å². The van der Waals surface area contributed by atoms with E-state index in [0.29, 0.717) is 18.4 Å². The smallest absolute Gasteiger partial charge is 0.411 e. The Morgan fingerprint density at radius 2 is 1.78 bits per heavy atom. The van der Waals surface area contributed by atoms with Crippen LogP contribution in [0.4, 0.5) is 29.3 Å². The molecule has 2 aliphatic rings. The number of carbonyl (C=O) groups excluding carboxylic acids is 2. The minimum absolute atomic E-state index is 0.186. The number of rotatable bonds is 9. The Labute approximate surface area is 289 Å². The van der Waals surface area contributed by atoms with Crippen molar-refractivity contribution in [2.75, 3.05) is 18.5 Å². The highest BCUT2D eigenvalue weighted by Gasteiger charge is 2.39. The third-order valence-corrected chi connectivity index (χ3v) is 8.86. The molecule has 0 unspecified atom stereocenters. The first kappa shape index (κ1) is 34.8. The molecule has 1 saturated heterocycles. The van der Waals surface area contributed by atoms with Gasteiger partial charge in [0.25, 0.3) is 0 Å². The van der Waals surface area contributed by atoms with Crippen molar-refractivity contribution >= 4 is 29.1 Å². The molecular weight excluding hydrogens is 645 g/mol. The molecule has 0 spiro atoms. The van der Waals surface area contributed by atoms with Crippen LogP contribution in [0, 0.1) is 17.5 Å². The molecule has 0 bridgehead atoms. The van der Waals surface area contributed by atoms with Gasteiger partial charge in [-0.1, -0.05) is 36.4 Å². The standard InChI is InChI=1S/C39H39F3N4O4/c1-39(2,3)50-38(48)46-22-27(49-23-36(46)35-19-25-7-4-5-9-33(25)44-35)15-16-29-31(41)8-6-10-34(29)45-37(47)20-30(24-11-13-26(40)14-12-24)28-17-18-43-21-32(28)42/h4-14,17-18,21,27,30,36H,15-16,19-20,22-23H2,1-3H3,(H,45,47)/t27-,30+,36+/m1/s1. The van der Waals surface area contributed by atoms with Crippen LogP contribution in [0.15, 0.2) is 90.2 Å². The van der Waals surface area contributed by atoms with Gasteiger partial charge in [-0.05, 0) is 86.7 Å². The van der Waals surface area contributed by atoms with Gasteiger partial charge in [-0.3, -0.25) is 19.7 Å². The number of amides is 2. The van der Waals surface area contributed by atoms with Crippen molar-refractivity contribution in [2.24, 2.45) is 4.99 Å². The third kappa shape index (κ3) is 8.22. The Morgan fingerprint density at radius 3 is 2.52 bits per heavy atom. The number of hydrogen-bond acceptors (Lipinski definition) is 6. The number of anilines is 1. The second-order valence-corrected chi connectivity index (χ2v) is 13.6. The van der Waals surface area contributed by atoms with Crippen LogP contribution in [0.3, 0.4) is 0 Å². The first-order chi connectivity index (χ1) is 23.9. The van der Waals surface area contributed by atoms with Crippen LogP contribution in [0.5, 0.6) is 0 Å². The summed E-state index contributed by atoms with van der Waals surface area (Å²) in [5, 5.41) is 2.81. The molecule has 0 aliphatic carbocycles. The van der Waals surface area contributed by atoms with Crippen LogP contribution in [0.25, 0.3) is 0 Å². The molecule has 0 saturated carbocycles. The van der Waals surface area contributed by atoms with Crippen LogP contribution < -0.4 is 5.32 Å². The van der Waals surface area contributed by atoms with E-state index in [1.165, 1.54) is 48.7 Å². The summed E-state index contributed by atoms with van der Waals surface area (Å²) in [6.07, 6.45) is 2.54. The molecule has 1 N–H and O–H groups in total. The zero-order valence-electron chi connectivity index (χ0n) is 28.2. The van der Waals surface area contributed by atoms with Crippen molar-refractivity contribution in [3.8, 4) is 0 Å². The maximum atomic E-state index is 15.3. The highest BCUT2D eigenvalue weighted by atomic mass is 19.1. The van der Waals surface area contributed by atoms with E-state index in [0.717, 1.165) is 23.2 Å². The number of fused-ring (bicyclic) bond motifs is 1. The number of aliphatic imine (C=N–C) groups is 1. The number of para-hydroxylation sites is 1. The summed E-state index contributed by atoms with van der Waals surface area (Å²) >= 11 is 0. The van der Waals surface area contributed by atoms with E-state index < -0.39 is 53.1 Å². The lowest BCUT2D eigenvalue weighted by molar-refractivity contribution is -0.116. The predicted octanol–water partition coefficient (Wildman–Crippen LogP) is 7.93. The van der Waals surface area contributed by atoms with E-state index >= 15 is 4.39 Å². The average molecular weight is 685 g/mol. The molecule has 3 aromatic carbocycles. The van der Waals surface area contributed by atoms with Crippen LogP contribution >= 0.6 is 0 Å². The van der Waals surface area contributed by atoms with Crippen molar-refractivity contribution in [3.05, 3.63) is 125 Å². The van der Waals surface area contributed by atoms with Crippen LogP contribution in [0.1, 0.15) is 61.8 Å². The van der Waals surface area contributed by atoms with Crippen molar-refractivity contribution in [1.82, 2.24) is 9.88 Å². The monoisotopic (exact) mass is 684 g/mol. The molecule has 2 aliphatic heterocycles. The molecule has 1 fully saturated rings. The van der Waals surface area contributed by atoms with Gasteiger partial charge in [0.05, 0.1) is 37.2 Å². The molecule has 3 atom stereocenters. The SMILES string of the molecule is CC(C)(C)OC(=O)N1C[C@@H](CCc2c(F)cccc2NC(=O)C[C@@H](c2ccc(F)cc2)c2ccncc2F)OC[C@H]1C1=Nc2ccccc2C1. The van der Waals surface area contributed by atoms with Gasteiger partial charge < -0.3 is 14.8 Å². The molecule has 6 rings (SSSR count). The van der Waals surface area contributed by atoms with Crippen LogP contribution in [-0.4, -0.2) is 58.5 Å². The molecule has 2 amide bonds. The second kappa shape index (κ2) is 14.8. The highest BCUT2D eigenvalue weighted by molar-refractivity contribution is 5.99. The number of morpholine rings is 1. The Kier molecular flexibility index (Phi) is 10.3. The predicted molar refractivity (Wildman–Crippen MR) is 184 cm³/mol. The fraction of sp³-hybridized carbons (Fsp3) is 0.333. The number of benzene rings is 3. The first-order valence-electron chi connectivity index (χ1n) is 16.6. The number of halogens is 3. The number of nitrogens with zero attached hydrogens (tertiary/aromatic N) is 3. The quantitative estimate of drug-likeness (QED) is 0.193. The van der Waals surface area contributed by atoms with Gasteiger partial charge in [0.1, 0.15) is 23.1 Å².